The normalized spacial score (nSPS) is 18.7. The van der Waals surface area contributed by atoms with E-state index in [1.807, 2.05) is 11.9 Å². The average molecular weight is 263 g/mol. The quantitative estimate of drug-likeness (QED) is 0.786. The predicted octanol–water partition coefficient (Wildman–Crippen LogP) is 1.32. The number of nitrogens with one attached hydrogen (secondary N) is 1. The molecule has 0 spiro atoms. The lowest BCUT2D eigenvalue weighted by molar-refractivity contribution is -0.117. The lowest BCUT2D eigenvalue weighted by Crippen LogP contribution is -2.35. The predicted molar refractivity (Wildman–Crippen MR) is 76.0 cm³/mol. The largest absolute Gasteiger partial charge is 0.399 e. The van der Waals surface area contributed by atoms with Crippen LogP contribution in [-0.4, -0.2) is 43.7 Å². The highest BCUT2D eigenvalue weighted by molar-refractivity contribution is 5.92. The van der Waals surface area contributed by atoms with E-state index in [1.165, 1.54) is 0 Å². The standard InChI is InChI=1S/C14H21N3O2/c1-17(9-13-3-2-8-19-13)10-14(18)16-12-6-4-11(15)5-7-12/h4-7,13H,2-3,8-10,15H2,1H3,(H,16,18). The van der Waals surface area contributed by atoms with Crippen molar-refractivity contribution < 1.29 is 9.53 Å². The summed E-state index contributed by atoms with van der Waals surface area (Å²) < 4.78 is 5.55. The maximum atomic E-state index is 11.9. The van der Waals surface area contributed by atoms with Crippen molar-refractivity contribution >= 4 is 17.3 Å². The second kappa shape index (κ2) is 6.54. The summed E-state index contributed by atoms with van der Waals surface area (Å²) in [7, 11) is 1.93. The molecule has 1 amide bonds. The van der Waals surface area contributed by atoms with Gasteiger partial charge in [-0.05, 0) is 44.2 Å². The SMILES string of the molecule is CN(CC(=O)Nc1ccc(N)cc1)CC1CCCO1. The summed E-state index contributed by atoms with van der Waals surface area (Å²) >= 11 is 0. The first-order valence-corrected chi connectivity index (χ1v) is 6.59. The van der Waals surface area contributed by atoms with E-state index in [9.17, 15) is 4.79 Å². The average Bonchev–Trinajstić information content (AvgIpc) is 2.84. The van der Waals surface area contributed by atoms with E-state index in [4.69, 9.17) is 10.5 Å². The van der Waals surface area contributed by atoms with Crippen molar-refractivity contribution in [2.45, 2.75) is 18.9 Å². The zero-order chi connectivity index (χ0) is 13.7. The first kappa shape index (κ1) is 13.8. The molecule has 2 rings (SSSR count). The van der Waals surface area contributed by atoms with Gasteiger partial charge in [0.25, 0.3) is 0 Å². The first-order chi connectivity index (χ1) is 9.13. The van der Waals surface area contributed by atoms with E-state index in [0.29, 0.717) is 12.2 Å². The van der Waals surface area contributed by atoms with Gasteiger partial charge >= 0.3 is 0 Å². The van der Waals surface area contributed by atoms with Gasteiger partial charge in [0.1, 0.15) is 0 Å². The molecule has 5 nitrogen and oxygen atoms in total. The van der Waals surface area contributed by atoms with Gasteiger partial charge in [0.15, 0.2) is 0 Å². The maximum Gasteiger partial charge on any atom is 0.238 e. The number of benzene rings is 1. The van der Waals surface area contributed by atoms with E-state index in [0.717, 1.165) is 31.7 Å². The zero-order valence-electron chi connectivity index (χ0n) is 11.3. The first-order valence-electron chi connectivity index (χ1n) is 6.59. The van der Waals surface area contributed by atoms with Gasteiger partial charge < -0.3 is 15.8 Å². The van der Waals surface area contributed by atoms with Crippen molar-refractivity contribution in [3.05, 3.63) is 24.3 Å². The fourth-order valence-electron chi connectivity index (χ4n) is 2.21. The van der Waals surface area contributed by atoms with Crippen molar-refractivity contribution in [2.75, 3.05) is 37.8 Å². The van der Waals surface area contributed by atoms with Crippen LogP contribution in [-0.2, 0) is 9.53 Å². The molecule has 0 saturated carbocycles. The molecule has 5 heteroatoms. The van der Waals surface area contributed by atoms with Gasteiger partial charge in [-0.1, -0.05) is 0 Å². The Bertz CT molecular complexity index is 413. The minimum Gasteiger partial charge on any atom is -0.399 e. The number of carbonyl (C=O) groups is 1. The molecule has 104 valence electrons. The molecule has 1 aromatic rings. The molecule has 1 saturated heterocycles. The van der Waals surface area contributed by atoms with E-state index < -0.39 is 0 Å². The van der Waals surface area contributed by atoms with Crippen LogP contribution in [0.4, 0.5) is 11.4 Å². The van der Waals surface area contributed by atoms with Gasteiger partial charge in [-0.25, -0.2) is 0 Å². The van der Waals surface area contributed by atoms with Crippen molar-refractivity contribution in [1.82, 2.24) is 4.90 Å². The number of carbonyl (C=O) groups excluding carboxylic acids is 1. The van der Waals surface area contributed by atoms with E-state index in [-0.39, 0.29) is 12.0 Å². The molecule has 1 aliphatic heterocycles. The molecule has 1 fully saturated rings. The molecule has 0 aromatic heterocycles. The molecule has 0 radical (unpaired) electrons. The summed E-state index contributed by atoms with van der Waals surface area (Å²) in [5, 5.41) is 2.85. The number of nitrogens with two attached hydrogens (primary N) is 1. The molecule has 1 heterocycles. The van der Waals surface area contributed by atoms with Gasteiger partial charge in [-0.3, -0.25) is 9.69 Å². The molecule has 1 aliphatic rings. The van der Waals surface area contributed by atoms with Gasteiger partial charge in [-0.2, -0.15) is 0 Å². The summed E-state index contributed by atoms with van der Waals surface area (Å²) in [4.78, 5) is 13.8. The molecule has 1 unspecified atom stereocenters. The number of rotatable bonds is 5. The third-order valence-corrected chi connectivity index (χ3v) is 3.15. The Balaban J connectivity index is 1.75. The highest BCUT2D eigenvalue weighted by Crippen LogP contribution is 2.13. The highest BCUT2D eigenvalue weighted by atomic mass is 16.5. The third kappa shape index (κ3) is 4.54. The van der Waals surface area contributed by atoms with Crippen LogP contribution in [0.3, 0.4) is 0 Å². The van der Waals surface area contributed by atoms with E-state index in [2.05, 4.69) is 5.32 Å². The number of nitrogens with zero attached hydrogens (tertiary/aromatic N) is 1. The third-order valence-electron chi connectivity index (χ3n) is 3.15. The van der Waals surface area contributed by atoms with Gasteiger partial charge in [0, 0.05) is 24.5 Å². The number of ether oxygens (including phenoxy) is 1. The van der Waals surface area contributed by atoms with Crippen LogP contribution in [0.2, 0.25) is 0 Å². The summed E-state index contributed by atoms with van der Waals surface area (Å²) in [5.74, 6) is -0.0229. The smallest absolute Gasteiger partial charge is 0.238 e. The fraction of sp³-hybridized carbons (Fsp3) is 0.500. The Kier molecular flexibility index (Phi) is 4.76. The van der Waals surface area contributed by atoms with Crippen LogP contribution in [0, 0.1) is 0 Å². The number of anilines is 2. The molecule has 0 aliphatic carbocycles. The summed E-state index contributed by atoms with van der Waals surface area (Å²) in [6, 6.07) is 7.14. The van der Waals surface area contributed by atoms with Gasteiger partial charge in [0.05, 0.1) is 12.6 Å². The van der Waals surface area contributed by atoms with Crippen LogP contribution >= 0.6 is 0 Å². The number of hydrogen-bond acceptors (Lipinski definition) is 4. The second-order valence-electron chi connectivity index (χ2n) is 5.00. The van der Waals surface area contributed by atoms with Crippen molar-refractivity contribution in [3.8, 4) is 0 Å². The summed E-state index contributed by atoms with van der Waals surface area (Å²) in [5.41, 5.74) is 7.05. The molecule has 0 bridgehead atoms. The zero-order valence-corrected chi connectivity index (χ0v) is 11.3. The van der Waals surface area contributed by atoms with Crippen LogP contribution in [0.15, 0.2) is 24.3 Å². The lowest BCUT2D eigenvalue weighted by atomic mass is 10.2. The van der Waals surface area contributed by atoms with Gasteiger partial charge in [0.2, 0.25) is 5.91 Å². The Morgan fingerprint density at radius 3 is 2.84 bits per heavy atom. The Morgan fingerprint density at radius 2 is 2.21 bits per heavy atom. The topological polar surface area (TPSA) is 67.6 Å². The minimum atomic E-state index is -0.0229. The van der Waals surface area contributed by atoms with Gasteiger partial charge in [-0.15, -0.1) is 0 Å². The monoisotopic (exact) mass is 263 g/mol. The Labute approximate surface area is 113 Å². The lowest BCUT2D eigenvalue weighted by Gasteiger charge is -2.19. The maximum absolute atomic E-state index is 11.9. The number of amides is 1. The molecule has 3 N–H and O–H groups in total. The Hall–Kier alpha value is -1.59. The van der Waals surface area contributed by atoms with E-state index >= 15 is 0 Å². The van der Waals surface area contributed by atoms with Crippen molar-refractivity contribution in [3.63, 3.8) is 0 Å². The minimum absolute atomic E-state index is 0.0229. The van der Waals surface area contributed by atoms with Crippen LogP contribution in [0.25, 0.3) is 0 Å². The van der Waals surface area contributed by atoms with Crippen LogP contribution in [0.1, 0.15) is 12.8 Å². The molecule has 1 aromatic carbocycles. The Morgan fingerprint density at radius 1 is 1.47 bits per heavy atom. The van der Waals surface area contributed by atoms with E-state index in [1.54, 1.807) is 24.3 Å². The fourth-order valence-corrected chi connectivity index (χ4v) is 2.21. The molecular weight excluding hydrogens is 242 g/mol. The second-order valence-corrected chi connectivity index (χ2v) is 5.00. The van der Waals surface area contributed by atoms with Crippen LogP contribution < -0.4 is 11.1 Å². The molecule has 19 heavy (non-hydrogen) atoms. The number of likely N-dealkylation sites (N-methyl/N-ethyl adjacent to an activating group) is 1. The number of hydrogen-bond donors (Lipinski definition) is 2. The van der Waals surface area contributed by atoms with Crippen LogP contribution in [0.5, 0.6) is 0 Å². The van der Waals surface area contributed by atoms with Crippen molar-refractivity contribution in [1.29, 1.82) is 0 Å². The molecule has 1 atom stereocenters. The summed E-state index contributed by atoms with van der Waals surface area (Å²) in [6.45, 7) is 2.01. The highest BCUT2D eigenvalue weighted by Gasteiger charge is 2.18. The van der Waals surface area contributed by atoms with Crippen molar-refractivity contribution in [2.24, 2.45) is 0 Å². The number of nitrogen functional groups attached to an aromatic ring is 1. The summed E-state index contributed by atoms with van der Waals surface area (Å²) in [6.07, 6.45) is 2.48. The molecular formula is C14H21N3O2.